The van der Waals surface area contributed by atoms with Gasteiger partial charge in [0.25, 0.3) is 0 Å². The van der Waals surface area contributed by atoms with Crippen LogP contribution in [0.3, 0.4) is 0 Å². The van der Waals surface area contributed by atoms with Crippen molar-refractivity contribution in [3.63, 3.8) is 0 Å². The van der Waals surface area contributed by atoms with Crippen molar-refractivity contribution < 1.29 is 9.90 Å². The maximum Gasteiger partial charge on any atom is 0.317 e. The molecule has 2 atom stereocenters. The van der Waals surface area contributed by atoms with Crippen molar-refractivity contribution in [2.45, 2.75) is 51.7 Å². The van der Waals surface area contributed by atoms with E-state index in [1.807, 2.05) is 13.2 Å². The molecule has 1 fully saturated rings. The molecule has 0 spiro atoms. The highest BCUT2D eigenvalue weighted by molar-refractivity contribution is 5.73. The Morgan fingerprint density at radius 1 is 1.50 bits per heavy atom. The Morgan fingerprint density at radius 2 is 2.23 bits per heavy atom. The lowest BCUT2D eigenvalue weighted by molar-refractivity contribution is 0.0565. The number of amides is 2. The van der Waals surface area contributed by atoms with Crippen LogP contribution in [-0.4, -0.2) is 45.5 Å². The van der Waals surface area contributed by atoms with Crippen LogP contribution in [0.15, 0.2) is 6.20 Å². The van der Waals surface area contributed by atoms with Gasteiger partial charge in [-0.15, -0.1) is 0 Å². The fourth-order valence-corrected chi connectivity index (χ4v) is 3.17. The summed E-state index contributed by atoms with van der Waals surface area (Å²) in [5.74, 6) is 0.203. The zero-order valence-corrected chi connectivity index (χ0v) is 13.9. The second-order valence-electron chi connectivity index (χ2n) is 6.28. The normalized spacial score (nSPS) is 21.6. The summed E-state index contributed by atoms with van der Waals surface area (Å²) in [5, 5.41) is 17.3. The molecule has 0 aromatic carbocycles. The number of nitrogens with one attached hydrogen (secondary N) is 1. The van der Waals surface area contributed by atoms with Gasteiger partial charge in [-0.05, 0) is 19.3 Å². The van der Waals surface area contributed by atoms with Gasteiger partial charge in [0.1, 0.15) is 0 Å². The van der Waals surface area contributed by atoms with Crippen LogP contribution in [0, 0.1) is 5.92 Å². The third-order valence-electron chi connectivity index (χ3n) is 4.48. The van der Waals surface area contributed by atoms with Gasteiger partial charge >= 0.3 is 6.03 Å². The number of aliphatic hydroxyl groups is 1. The Labute approximate surface area is 132 Å². The molecule has 1 aliphatic rings. The van der Waals surface area contributed by atoms with E-state index in [2.05, 4.69) is 17.3 Å². The van der Waals surface area contributed by atoms with Gasteiger partial charge in [0, 0.05) is 44.9 Å². The molecule has 6 nitrogen and oxygen atoms in total. The number of hydrogen-bond acceptors (Lipinski definition) is 3. The van der Waals surface area contributed by atoms with Crippen LogP contribution in [0.5, 0.6) is 0 Å². The molecular weight excluding hydrogens is 280 g/mol. The van der Waals surface area contributed by atoms with Crippen molar-refractivity contribution in [1.82, 2.24) is 20.0 Å². The largest absolute Gasteiger partial charge is 0.393 e. The molecule has 124 valence electrons. The highest BCUT2D eigenvalue weighted by Crippen LogP contribution is 2.24. The van der Waals surface area contributed by atoms with Crippen LogP contribution in [0.2, 0.25) is 0 Å². The Morgan fingerprint density at radius 3 is 2.91 bits per heavy atom. The van der Waals surface area contributed by atoms with Gasteiger partial charge in [-0.3, -0.25) is 4.68 Å². The topological polar surface area (TPSA) is 70.4 Å². The summed E-state index contributed by atoms with van der Waals surface area (Å²) in [4.78, 5) is 13.9. The molecule has 1 aliphatic carbocycles. The number of carbonyl (C=O) groups is 1. The minimum absolute atomic E-state index is 0.0938. The smallest absolute Gasteiger partial charge is 0.317 e. The second-order valence-corrected chi connectivity index (χ2v) is 6.28. The number of hydrogen-bond donors (Lipinski definition) is 2. The van der Waals surface area contributed by atoms with E-state index in [0.29, 0.717) is 13.1 Å². The number of nitrogens with zero attached hydrogens (tertiary/aromatic N) is 3. The van der Waals surface area contributed by atoms with Crippen molar-refractivity contribution in [3.8, 4) is 0 Å². The molecule has 1 saturated carbocycles. The highest BCUT2D eigenvalue weighted by Gasteiger charge is 2.25. The molecule has 0 radical (unpaired) electrons. The van der Waals surface area contributed by atoms with E-state index in [9.17, 15) is 9.90 Å². The molecule has 1 heterocycles. The fraction of sp³-hybridized carbons (Fsp3) is 0.750. The minimum atomic E-state index is -0.269. The highest BCUT2D eigenvalue weighted by atomic mass is 16.3. The van der Waals surface area contributed by atoms with Gasteiger partial charge in [-0.2, -0.15) is 5.10 Å². The Hall–Kier alpha value is -1.56. The van der Waals surface area contributed by atoms with Gasteiger partial charge < -0.3 is 15.3 Å². The zero-order chi connectivity index (χ0) is 16.1. The maximum absolute atomic E-state index is 12.2. The Bertz CT molecular complexity index is 500. The summed E-state index contributed by atoms with van der Waals surface area (Å²) >= 11 is 0. The average molecular weight is 308 g/mol. The predicted octanol–water partition coefficient (Wildman–Crippen LogP) is 1.67. The molecule has 6 heteroatoms. The van der Waals surface area contributed by atoms with E-state index in [-0.39, 0.29) is 18.1 Å². The Balaban J connectivity index is 1.83. The lowest BCUT2D eigenvalue weighted by Crippen LogP contribution is -2.42. The monoisotopic (exact) mass is 308 g/mol. The molecule has 0 bridgehead atoms. The van der Waals surface area contributed by atoms with Crippen LogP contribution in [0.4, 0.5) is 4.79 Å². The molecule has 0 saturated heterocycles. The third kappa shape index (κ3) is 4.22. The molecule has 2 N–H and O–H groups in total. The Kier molecular flexibility index (Phi) is 5.83. The molecule has 0 aliphatic heterocycles. The van der Waals surface area contributed by atoms with Crippen LogP contribution >= 0.6 is 0 Å². The van der Waals surface area contributed by atoms with Crippen molar-refractivity contribution in [1.29, 1.82) is 0 Å². The number of carbonyl (C=O) groups excluding carboxylic acids is 1. The maximum atomic E-state index is 12.2. The van der Waals surface area contributed by atoms with Crippen molar-refractivity contribution in [2.24, 2.45) is 13.0 Å². The SMILES string of the molecule is CCc1nn(C)cc1CNC(=O)N(C)CC1CCCCC1O. The summed E-state index contributed by atoms with van der Waals surface area (Å²) < 4.78 is 1.78. The van der Waals surface area contributed by atoms with E-state index >= 15 is 0 Å². The molecule has 2 rings (SSSR count). The quantitative estimate of drug-likeness (QED) is 0.869. The van der Waals surface area contributed by atoms with E-state index in [1.165, 1.54) is 0 Å². The number of aromatic nitrogens is 2. The van der Waals surface area contributed by atoms with E-state index in [1.54, 1.807) is 16.6 Å². The first-order chi connectivity index (χ1) is 10.5. The number of aryl methyl sites for hydroxylation is 2. The molecule has 1 aromatic rings. The van der Waals surface area contributed by atoms with Gasteiger partial charge in [0.2, 0.25) is 0 Å². The first kappa shape index (κ1) is 16.8. The number of aliphatic hydroxyl groups excluding tert-OH is 1. The molecule has 2 amide bonds. The van der Waals surface area contributed by atoms with Crippen molar-refractivity contribution in [2.75, 3.05) is 13.6 Å². The van der Waals surface area contributed by atoms with Gasteiger partial charge in [0.05, 0.1) is 11.8 Å². The zero-order valence-electron chi connectivity index (χ0n) is 13.9. The number of urea groups is 1. The minimum Gasteiger partial charge on any atom is -0.393 e. The first-order valence-corrected chi connectivity index (χ1v) is 8.19. The van der Waals surface area contributed by atoms with E-state index in [4.69, 9.17) is 0 Å². The van der Waals surface area contributed by atoms with Crippen molar-refractivity contribution >= 4 is 6.03 Å². The van der Waals surface area contributed by atoms with E-state index < -0.39 is 0 Å². The molecule has 2 unspecified atom stereocenters. The summed E-state index contributed by atoms with van der Waals surface area (Å²) in [6.45, 7) is 3.17. The predicted molar refractivity (Wildman–Crippen MR) is 85.4 cm³/mol. The van der Waals surface area contributed by atoms with Crippen LogP contribution < -0.4 is 5.32 Å². The van der Waals surface area contributed by atoms with Gasteiger partial charge in [-0.1, -0.05) is 19.8 Å². The van der Waals surface area contributed by atoms with Gasteiger partial charge in [-0.25, -0.2) is 4.79 Å². The van der Waals surface area contributed by atoms with Crippen LogP contribution in [0.25, 0.3) is 0 Å². The van der Waals surface area contributed by atoms with Gasteiger partial charge in [0.15, 0.2) is 0 Å². The summed E-state index contributed by atoms with van der Waals surface area (Å²) in [6, 6.07) is -0.0938. The number of rotatable bonds is 5. The molecule has 22 heavy (non-hydrogen) atoms. The second kappa shape index (κ2) is 7.63. The van der Waals surface area contributed by atoms with E-state index in [0.717, 1.165) is 43.4 Å². The lowest BCUT2D eigenvalue weighted by atomic mass is 9.86. The van der Waals surface area contributed by atoms with Crippen LogP contribution in [-0.2, 0) is 20.0 Å². The molecular formula is C16H28N4O2. The average Bonchev–Trinajstić information content (AvgIpc) is 2.87. The summed E-state index contributed by atoms with van der Waals surface area (Å²) in [5.41, 5.74) is 2.08. The lowest BCUT2D eigenvalue weighted by Gasteiger charge is -2.31. The first-order valence-electron chi connectivity index (χ1n) is 8.19. The molecule has 1 aromatic heterocycles. The summed E-state index contributed by atoms with van der Waals surface area (Å²) in [6.07, 6.45) is 6.63. The third-order valence-corrected chi connectivity index (χ3v) is 4.48. The summed E-state index contributed by atoms with van der Waals surface area (Å²) in [7, 11) is 3.68. The standard InChI is InChI=1S/C16H28N4O2/c1-4-14-13(11-20(3)18-14)9-17-16(22)19(2)10-12-7-5-6-8-15(12)21/h11-12,15,21H,4-10H2,1-3H3,(H,17,22). The fourth-order valence-electron chi connectivity index (χ4n) is 3.17. The van der Waals surface area contributed by atoms with Crippen molar-refractivity contribution in [3.05, 3.63) is 17.5 Å². The van der Waals surface area contributed by atoms with Crippen LogP contribution in [0.1, 0.15) is 43.9 Å².